The minimum absolute atomic E-state index is 0.0675. The van der Waals surface area contributed by atoms with Gasteiger partial charge in [-0.1, -0.05) is 24.3 Å². The molecule has 1 fully saturated rings. The maximum absolute atomic E-state index is 13.5. The van der Waals surface area contributed by atoms with Gasteiger partial charge in [-0.2, -0.15) is 0 Å². The summed E-state index contributed by atoms with van der Waals surface area (Å²) in [5.74, 6) is -0.755. The standard InChI is InChI=1S/C30H30FN3O4/c1-38-29(36)24-6-4-5-21(19-24)20-34-27-8-3-2-7-26(27)33(30(34)37)18-17-32-15-13-23(14-16-32)28(35)22-9-11-25(31)12-10-22/h2-12,19,23H,13-18,20H2,1H3. The van der Waals surface area contributed by atoms with Crippen LogP contribution < -0.4 is 5.69 Å². The summed E-state index contributed by atoms with van der Waals surface area (Å²) in [7, 11) is 1.35. The summed E-state index contributed by atoms with van der Waals surface area (Å²) in [6, 6.07) is 20.6. The van der Waals surface area contributed by atoms with Crippen molar-refractivity contribution in [1.29, 1.82) is 0 Å². The molecule has 0 bridgehead atoms. The Morgan fingerprint density at radius 1 is 0.868 bits per heavy atom. The van der Waals surface area contributed by atoms with Gasteiger partial charge in [0.15, 0.2) is 5.78 Å². The minimum atomic E-state index is -0.412. The number of ketones is 1. The number of imidazole rings is 1. The van der Waals surface area contributed by atoms with Crippen molar-refractivity contribution in [3.05, 3.63) is 106 Å². The van der Waals surface area contributed by atoms with E-state index in [4.69, 9.17) is 4.74 Å². The molecule has 0 saturated carbocycles. The molecule has 7 nitrogen and oxygen atoms in total. The van der Waals surface area contributed by atoms with Crippen LogP contribution in [0.25, 0.3) is 11.0 Å². The van der Waals surface area contributed by atoms with Crippen LogP contribution in [0.5, 0.6) is 0 Å². The second kappa shape index (κ2) is 11.1. The number of rotatable bonds is 8. The first-order valence-electron chi connectivity index (χ1n) is 12.8. The molecule has 0 unspecified atom stereocenters. The fourth-order valence-corrected chi connectivity index (χ4v) is 5.25. The number of piperidine rings is 1. The number of hydrogen-bond acceptors (Lipinski definition) is 5. The number of carbonyl (C=O) groups is 2. The summed E-state index contributed by atoms with van der Waals surface area (Å²) >= 11 is 0. The van der Waals surface area contributed by atoms with Crippen molar-refractivity contribution in [3.63, 3.8) is 0 Å². The fraction of sp³-hybridized carbons (Fsp3) is 0.300. The highest BCUT2D eigenvalue weighted by molar-refractivity contribution is 5.97. The molecule has 5 rings (SSSR count). The van der Waals surface area contributed by atoms with Gasteiger partial charge in [0.2, 0.25) is 0 Å². The molecule has 0 spiro atoms. The molecule has 2 heterocycles. The van der Waals surface area contributed by atoms with E-state index in [1.807, 2.05) is 30.3 Å². The van der Waals surface area contributed by atoms with Crippen molar-refractivity contribution in [2.45, 2.75) is 25.9 Å². The van der Waals surface area contributed by atoms with Crippen LogP contribution in [-0.2, 0) is 17.8 Å². The molecule has 1 aromatic heterocycles. The Hall–Kier alpha value is -4.04. The minimum Gasteiger partial charge on any atom is -0.465 e. The Morgan fingerprint density at radius 2 is 1.55 bits per heavy atom. The maximum Gasteiger partial charge on any atom is 0.337 e. The van der Waals surface area contributed by atoms with Crippen LogP contribution in [0.3, 0.4) is 0 Å². The van der Waals surface area contributed by atoms with E-state index in [2.05, 4.69) is 4.90 Å². The number of aromatic nitrogens is 2. The van der Waals surface area contributed by atoms with Gasteiger partial charge >= 0.3 is 11.7 Å². The first-order chi connectivity index (χ1) is 18.4. The summed E-state index contributed by atoms with van der Waals surface area (Å²) in [6.45, 7) is 3.11. The zero-order valence-electron chi connectivity index (χ0n) is 21.3. The number of para-hydroxylation sites is 2. The largest absolute Gasteiger partial charge is 0.465 e. The highest BCUT2D eigenvalue weighted by Crippen LogP contribution is 2.22. The van der Waals surface area contributed by atoms with Crippen molar-refractivity contribution < 1.29 is 18.7 Å². The number of benzene rings is 3. The number of nitrogens with zero attached hydrogens (tertiary/aromatic N) is 3. The average Bonchev–Trinajstić information content (AvgIpc) is 3.22. The predicted octanol–water partition coefficient (Wildman–Crippen LogP) is 4.37. The lowest BCUT2D eigenvalue weighted by atomic mass is 9.89. The van der Waals surface area contributed by atoms with Gasteiger partial charge in [0.1, 0.15) is 5.82 Å². The van der Waals surface area contributed by atoms with Crippen molar-refractivity contribution >= 4 is 22.8 Å². The van der Waals surface area contributed by atoms with Crippen LogP contribution >= 0.6 is 0 Å². The molecule has 3 aromatic carbocycles. The number of Topliss-reactive ketones (excluding diaryl/α,β-unsaturated/α-hetero) is 1. The van der Waals surface area contributed by atoms with Gasteiger partial charge in [0, 0.05) is 24.6 Å². The Balaban J connectivity index is 1.27. The molecule has 0 amide bonds. The van der Waals surface area contributed by atoms with Gasteiger partial charge in [-0.15, -0.1) is 0 Å². The maximum atomic E-state index is 13.5. The van der Waals surface area contributed by atoms with Gasteiger partial charge in [0.05, 0.1) is 30.3 Å². The molecule has 1 aliphatic heterocycles. The molecule has 4 aromatic rings. The Morgan fingerprint density at radius 3 is 2.24 bits per heavy atom. The molecular weight excluding hydrogens is 485 g/mol. The van der Waals surface area contributed by atoms with Crippen LogP contribution in [-0.4, -0.2) is 52.5 Å². The number of hydrogen-bond donors (Lipinski definition) is 0. The Labute approximate surface area is 220 Å². The van der Waals surface area contributed by atoms with E-state index >= 15 is 0 Å². The normalized spacial score (nSPS) is 14.6. The number of carbonyl (C=O) groups excluding carboxylic acids is 2. The summed E-state index contributed by atoms with van der Waals surface area (Å²) in [5.41, 5.74) is 3.44. The fourth-order valence-electron chi connectivity index (χ4n) is 5.25. The molecule has 1 aliphatic rings. The van der Waals surface area contributed by atoms with Crippen molar-refractivity contribution in [3.8, 4) is 0 Å². The zero-order valence-corrected chi connectivity index (χ0v) is 21.3. The molecule has 1 saturated heterocycles. The van der Waals surface area contributed by atoms with E-state index in [9.17, 15) is 18.8 Å². The summed E-state index contributed by atoms with van der Waals surface area (Å²) in [6.07, 6.45) is 1.48. The summed E-state index contributed by atoms with van der Waals surface area (Å²) in [5, 5.41) is 0. The van der Waals surface area contributed by atoms with Gasteiger partial charge < -0.3 is 9.64 Å². The third-order valence-electron chi connectivity index (χ3n) is 7.34. The highest BCUT2D eigenvalue weighted by Gasteiger charge is 2.26. The van der Waals surface area contributed by atoms with Gasteiger partial charge in [-0.05, 0) is 80.0 Å². The predicted molar refractivity (Wildman–Crippen MR) is 143 cm³/mol. The molecular formula is C30H30FN3O4. The smallest absolute Gasteiger partial charge is 0.337 e. The molecule has 8 heteroatoms. The Bertz CT molecular complexity index is 1510. The van der Waals surface area contributed by atoms with Crippen LogP contribution in [0.2, 0.25) is 0 Å². The quantitative estimate of drug-likeness (QED) is 0.257. The third-order valence-corrected chi connectivity index (χ3v) is 7.34. The number of esters is 1. The van der Waals surface area contributed by atoms with Crippen molar-refractivity contribution in [1.82, 2.24) is 14.0 Å². The third kappa shape index (κ3) is 5.31. The van der Waals surface area contributed by atoms with Crippen LogP contribution in [0, 0.1) is 11.7 Å². The molecule has 196 valence electrons. The molecule has 0 radical (unpaired) electrons. The summed E-state index contributed by atoms with van der Waals surface area (Å²) in [4.78, 5) is 40.5. The molecule has 0 atom stereocenters. The SMILES string of the molecule is COC(=O)c1cccc(Cn2c(=O)n(CCN3CCC(C(=O)c4ccc(F)cc4)CC3)c3ccccc32)c1. The molecule has 0 N–H and O–H groups in total. The highest BCUT2D eigenvalue weighted by atomic mass is 19.1. The van der Waals surface area contributed by atoms with E-state index in [1.165, 1.54) is 19.2 Å². The second-order valence-corrected chi connectivity index (χ2v) is 9.69. The van der Waals surface area contributed by atoms with E-state index < -0.39 is 5.97 Å². The van der Waals surface area contributed by atoms with Gasteiger partial charge in [-0.3, -0.25) is 13.9 Å². The number of ether oxygens (including phenoxy) is 1. The number of methoxy groups -OCH3 is 1. The van der Waals surface area contributed by atoms with Crippen molar-refractivity contribution in [2.75, 3.05) is 26.7 Å². The lowest BCUT2D eigenvalue weighted by molar-refractivity contribution is 0.0600. The van der Waals surface area contributed by atoms with Crippen molar-refractivity contribution in [2.24, 2.45) is 5.92 Å². The molecule has 38 heavy (non-hydrogen) atoms. The average molecular weight is 516 g/mol. The molecule has 0 aliphatic carbocycles. The van der Waals surface area contributed by atoms with E-state index in [-0.39, 0.29) is 23.2 Å². The van der Waals surface area contributed by atoms with E-state index in [0.29, 0.717) is 30.8 Å². The van der Waals surface area contributed by atoms with E-state index in [0.717, 1.165) is 42.5 Å². The van der Waals surface area contributed by atoms with Gasteiger partial charge in [-0.25, -0.2) is 14.0 Å². The first-order valence-corrected chi connectivity index (χ1v) is 12.8. The van der Waals surface area contributed by atoms with E-state index in [1.54, 1.807) is 39.5 Å². The van der Waals surface area contributed by atoms with Crippen LogP contribution in [0.15, 0.2) is 77.6 Å². The number of halogens is 1. The monoisotopic (exact) mass is 515 g/mol. The summed E-state index contributed by atoms with van der Waals surface area (Å²) < 4.78 is 21.6. The second-order valence-electron chi connectivity index (χ2n) is 9.69. The topological polar surface area (TPSA) is 73.5 Å². The van der Waals surface area contributed by atoms with Crippen LogP contribution in [0.4, 0.5) is 4.39 Å². The lowest BCUT2D eigenvalue weighted by Gasteiger charge is -2.31. The van der Waals surface area contributed by atoms with Crippen LogP contribution in [0.1, 0.15) is 39.1 Å². The zero-order chi connectivity index (χ0) is 26.6. The Kier molecular flexibility index (Phi) is 7.51. The lowest BCUT2D eigenvalue weighted by Crippen LogP contribution is -2.39. The first kappa shape index (κ1) is 25.6. The number of likely N-dealkylation sites (tertiary alicyclic amines) is 1. The van der Waals surface area contributed by atoms with Gasteiger partial charge in [0.25, 0.3) is 0 Å². The number of fused-ring (bicyclic) bond motifs is 1.